The highest BCUT2D eigenvalue weighted by Gasteiger charge is 2.13. The van der Waals surface area contributed by atoms with Gasteiger partial charge in [-0.25, -0.2) is 4.99 Å². The fourth-order valence-corrected chi connectivity index (χ4v) is 6.13. The highest BCUT2D eigenvalue weighted by atomic mass is 16.3. The molecule has 8 rings (SSSR count). The minimum absolute atomic E-state index is 0.430. The lowest BCUT2D eigenvalue weighted by Gasteiger charge is -2.07. The van der Waals surface area contributed by atoms with E-state index in [0.29, 0.717) is 18.2 Å². The third-order valence-corrected chi connectivity index (χ3v) is 8.39. The Morgan fingerprint density at radius 1 is 0.533 bits per heavy atom. The van der Waals surface area contributed by atoms with Gasteiger partial charge in [0.25, 0.3) is 0 Å². The summed E-state index contributed by atoms with van der Waals surface area (Å²) in [4.78, 5) is 9.76. The topological polar surface area (TPSA) is 63.9 Å². The molecule has 4 heteroatoms. The summed E-state index contributed by atoms with van der Waals surface area (Å²) in [6.45, 7) is 0.433. The van der Waals surface area contributed by atoms with Crippen molar-refractivity contribution in [2.24, 2.45) is 15.7 Å². The fourth-order valence-electron chi connectivity index (χ4n) is 6.13. The highest BCUT2D eigenvalue weighted by molar-refractivity contribution is 6.12. The molecule has 0 unspecified atom stereocenters. The van der Waals surface area contributed by atoms with Crippen LogP contribution in [0.25, 0.3) is 54.6 Å². The first-order valence-corrected chi connectivity index (χ1v) is 15.1. The van der Waals surface area contributed by atoms with Crippen LogP contribution in [0.3, 0.4) is 0 Å². The molecule has 0 aliphatic rings. The Labute approximate surface area is 260 Å². The van der Waals surface area contributed by atoms with Gasteiger partial charge < -0.3 is 10.2 Å². The minimum Gasteiger partial charge on any atom is -0.456 e. The third-order valence-electron chi connectivity index (χ3n) is 8.39. The molecule has 0 bridgehead atoms. The van der Waals surface area contributed by atoms with Crippen LogP contribution in [0.15, 0.2) is 166 Å². The smallest absolute Gasteiger partial charge is 0.157 e. The van der Waals surface area contributed by atoms with Crippen molar-refractivity contribution in [2.45, 2.75) is 6.54 Å². The Kier molecular flexibility index (Phi) is 6.65. The summed E-state index contributed by atoms with van der Waals surface area (Å²) >= 11 is 0. The molecule has 1 heterocycles. The maximum atomic E-state index is 6.42. The van der Waals surface area contributed by atoms with Crippen molar-refractivity contribution in [1.29, 1.82) is 0 Å². The summed E-state index contributed by atoms with van der Waals surface area (Å²) < 4.78 is 6.42. The summed E-state index contributed by atoms with van der Waals surface area (Å²) in [7, 11) is 0. The number of aliphatic imine (C=N–C) groups is 2. The molecule has 0 aliphatic heterocycles. The first kappa shape index (κ1) is 26.6. The Balaban J connectivity index is 1.17. The number of fused-ring (bicyclic) bond motifs is 6. The van der Waals surface area contributed by atoms with E-state index < -0.39 is 0 Å². The summed E-state index contributed by atoms with van der Waals surface area (Å²) in [6, 6.07) is 52.0. The van der Waals surface area contributed by atoms with Gasteiger partial charge in [0.05, 0.1) is 6.54 Å². The minimum atomic E-state index is 0.430. The molecule has 1 aromatic heterocycles. The van der Waals surface area contributed by atoms with Gasteiger partial charge in [-0.2, -0.15) is 0 Å². The maximum Gasteiger partial charge on any atom is 0.157 e. The van der Waals surface area contributed by atoms with Gasteiger partial charge >= 0.3 is 0 Å². The van der Waals surface area contributed by atoms with Crippen molar-refractivity contribution in [3.63, 3.8) is 0 Å². The predicted octanol–water partition coefficient (Wildman–Crippen LogP) is 9.91. The van der Waals surface area contributed by atoms with Gasteiger partial charge in [0.15, 0.2) is 5.84 Å². The quantitative estimate of drug-likeness (QED) is 0.125. The van der Waals surface area contributed by atoms with E-state index in [4.69, 9.17) is 20.1 Å². The summed E-state index contributed by atoms with van der Waals surface area (Å²) in [5, 5.41) is 7.15. The average Bonchev–Trinajstić information content (AvgIpc) is 3.49. The SMILES string of the molecule is NC(=NC(=NCc1cccc2oc3cc(-c4ccc5c(ccc6ccccc65)c4)ccc3c12)c1ccccc1)c1ccccc1. The second kappa shape index (κ2) is 11.3. The number of nitrogens with two attached hydrogens (primary N) is 1. The molecule has 45 heavy (non-hydrogen) atoms. The number of nitrogens with zero attached hydrogens (tertiary/aromatic N) is 2. The summed E-state index contributed by atoms with van der Waals surface area (Å²) in [6.07, 6.45) is 0. The molecule has 0 radical (unpaired) electrons. The summed E-state index contributed by atoms with van der Waals surface area (Å²) in [5.41, 5.74) is 13.2. The van der Waals surface area contributed by atoms with Crippen molar-refractivity contribution < 1.29 is 4.42 Å². The van der Waals surface area contributed by atoms with Crippen LogP contribution in [0.2, 0.25) is 0 Å². The first-order valence-electron chi connectivity index (χ1n) is 15.1. The van der Waals surface area contributed by atoms with Gasteiger partial charge in [0.1, 0.15) is 17.0 Å². The van der Waals surface area contributed by atoms with Gasteiger partial charge in [0, 0.05) is 21.9 Å². The van der Waals surface area contributed by atoms with E-state index in [0.717, 1.165) is 49.8 Å². The van der Waals surface area contributed by atoms with Crippen molar-refractivity contribution in [1.82, 2.24) is 0 Å². The van der Waals surface area contributed by atoms with Gasteiger partial charge in [-0.1, -0.05) is 127 Å². The number of benzene rings is 7. The predicted molar refractivity (Wildman–Crippen MR) is 188 cm³/mol. The molecule has 8 aromatic rings. The number of hydrogen-bond donors (Lipinski definition) is 1. The molecule has 4 nitrogen and oxygen atoms in total. The number of furan rings is 1. The van der Waals surface area contributed by atoms with Crippen LogP contribution in [-0.4, -0.2) is 11.7 Å². The Morgan fingerprint density at radius 2 is 1.20 bits per heavy atom. The van der Waals surface area contributed by atoms with Crippen LogP contribution < -0.4 is 5.73 Å². The van der Waals surface area contributed by atoms with E-state index in [1.807, 2.05) is 72.8 Å². The van der Waals surface area contributed by atoms with E-state index >= 15 is 0 Å². The molecule has 0 spiro atoms. The zero-order chi connectivity index (χ0) is 30.2. The number of hydrogen-bond acceptors (Lipinski definition) is 2. The fraction of sp³-hybridized carbons (Fsp3) is 0.0244. The van der Waals surface area contributed by atoms with E-state index in [-0.39, 0.29) is 0 Å². The van der Waals surface area contributed by atoms with Crippen LogP contribution in [0.5, 0.6) is 0 Å². The monoisotopic (exact) mass is 579 g/mol. The molecule has 0 saturated heterocycles. The van der Waals surface area contributed by atoms with Gasteiger partial charge in [0.2, 0.25) is 0 Å². The second-order valence-electron chi connectivity index (χ2n) is 11.2. The standard InChI is InChI=1S/C41H29N3O/c42-40(28-11-3-1-4-12-28)44-41(29-13-5-2-6-14-29)43-26-33-15-9-17-37-39(33)36-23-21-31(25-38(36)45-37)30-20-22-35-32(24-30)19-18-27-10-7-8-16-34(27)35/h1-25H,26H2,(H2,42,43,44). The van der Waals surface area contributed by atoms with E-state index in [9.17, 15) is 0 Å². The lowest BCUT2D eigenvalue weighted by Crippen LogP contribution is -2.16. The molecule has 7 aromatic carbocycles. The zero-order valence-corrected chi connectivity index (χ0v) is 24.5. The van der Waals surface area contributed by atoms with Crippen LogP contribution in [-0.2, 0) is 6.54 Å². The molecule has 0 saturated carbocycles. The molecule has 0 amide bonds. The molecule has 214 valence electrons. The Morgan fingerprint density at radius 3 is 2.02 bits per heavy atom. The lowest BCUT2D eigenvalue weighted by atomic mass is 9.97. The largest absolute Gasteiger partial charge is 0.456 e. The maximum absolute atomic E-state index is 6.42. The molecule has 0 atom stereocenters. The van der Waals surface area contributed by atoms with E-state index in [2.05, 4.69) is 78.9 Å². The zero-order valence-electron chi connectivity index (χ0n) is 24.5. The lowest BCUT2D eigenvalue weighted by molar-refractivity contribution is 0.669. The Bertz CT molecular complexity index is 2400. The van der Waals surface area contributed by atoms with Gasteiger partial charge in [-0.05, 0) is 62.5 Å². The summed E-state index contributed by atoms with van der Waals surface area (Å²) in [5.74, 6) is 1.02. The van der Waals surface area contributed by atoms with Gasteiger partial charge in [-0.3, -0.25) is 4.99 Å². The first-order chi connectivity index (χ1) is 22.2. The second-order valence-corrected chi connectivity index (χ2v) is 11.2. The van der Waals surface area contributed by atoms with Crippen LogP contribution in [0.1, 0.15) is 16.7 Å². The van der Waals surface area contributed by atoms with Crippen molar-refractivity contribution >= 4 is 55.2 Å². The van der Waals surface area contributed by atoms with Crippen molar-refractivity contribution in [2.75, 3.05) is 0 Å². The molecule has 2 N–H and O–H groups in total. The normalized spacial score (nSPS) is 12.4. The molecule has 0 fully saturated rings. The van der Waals surface area contributed by atoms with Crippen LogP contribution >= 0.6 is 0 Å². The third kappa shape index (κ3) is 5.02. The van der Waals surface area contributed by atoms with Crippen molar-refractivity contribution in [3.05, 3.63) is 168 Å². The number of rotatable bonds is 5. The van der Waals surface area contributed by atoms with E-state index in [1.165, 1.54) is 21.5 Å². The van der Waals surface area contributed by atoms with Crippen LogP contribution in [0, 0.1) is 0 Å². The van der Waals surface area contributed by atoms with Crippen molar-refractivity contribution in [3.8, 4) is 11.1 Å². The van der Waals surface area contributed by atoms with E-state index in [1.54, 1.807) is 0 Å². The average molecular weight is 580 g/mol. The molecular formula is C41H29N3O. The number of amidine groups is 2. The van der Waals surface area contributed by atoms with Gasteiger partial charge in [-0.15, -0.1) is 0 Å². The highest BCUT2D eigenvalue weighted by Crippen LogP contribution is 2.36. The molecular weight excluding hydrogens is 550 g/mol. The Hall–Kier alpha value is -6.00. The molecule has 0 aliphatic carbocycles. The van der Waals surface area contributed by atoms with Crippen LogP contribution in [0.4, 0.5) is 0 Å².